The van der Waals surface area contributed by atoms with Crippen molar-refractivity contribution in [2.24, 2.45) is 5.92 Å². The second kappa shape index (κ2) is 7.45. The molecule has 11 heavy (non-hydrogen) atoms. The summed E-state index contributed by atoms with van der Waals surface area (Å²) in [6.07, 6.45) is 5.29. The normalized spacial score (nSPS) is 13.9. The number of unbranched alkanes of at least 4 members (excludes halogenated alkanes) is 2. The second-order valence-corrected chi connectivity index (χ2v) is 8.31. The van der Waals surface area contributed by atoms with Crippen molar-refractivity contribution in [1.82, 2.24) is 0 Å². The van der Waals surface area contributed by atoms with E-state index in [0.717, 1.165) is 12.0 Å². The first kappa shape index (κ1) is 11.8. The molecule has 0 bridgehead atoms. The van der Waals surface area contributed by atoms with Crippen LogP contribution in [0.3, 0.4) is 0 Å². The highest BCUT2D eigenvalue weighted by atomic mass is 35.7. The number of rotatable bonds is 6. The first-order chi connectivity index (χ1) is 5.16. The van der Waals surface area contributed by atoms with Gasteiger partial charge >= 0.3 is 0 Å². The summed E-state index contributed by atoms with van der Waals surface area (Å²) in [5, 5.41) is 0. The Morgan fingerprint density at radius 1 is 1.27 bits per heavy atom. The summed E-state index contributed by atoms with van der Waals surface area (Å²) in [6.45, 7) is 4.48. The van der Waals surface area contributed by atoms with E-state index in [9.17, 15) is 0 Å². The Labute approximate surface area is 81.3 Å². The molecular formula is C8H18Cl2Si. The summed E-state index contributed by atoms with van der Waals surface area (Å²) in [5.41, 5.74) is 0. The lowest BCUT2D eigenvalue weighted by Gasteiger charge is -2.09. The highest BCUT2D eigenvalue weighted by molar-refractivity contribution is 7.33. The van der Waals surface area contributed by atoms with Gasteiger partial charge in [0.25, 0.3) is 0 Å². The van der Waals surface area contributed by atoms with Crippen molar-refractivity contribution in [3.05, 3.63) is 0 Å². The monoisotopic (exact) mass is 212 g/mol. The Morgan fingerprint density at radius 2 is 1.91 bits per heavy atom. The van der Waals surface area contributed by atoms with E-state index in [1.807, 2.05) is 0 Å². The van der Waals surface area contributed by atoms with Crippen LogP contribution in [0.1, 0.15) is 39.5 Å². The molecule has 0 N–H and O–H groups in total. The molecule has 0 fully saturated rings. The molecule has 0 nitrogen and oxygen atoms in total. The fourth-order valence-electron chi connectivity index (χ4n) is 1.16. The van der Waals surface area contributed by atoms with Crippen LogP contribution in [-0.4, -0.2) is 7.42 Å². The standard InChI is InChI=1S/C8H18Cl2Si/c1-3-4-5-6-8(2)7-11(9)10/h8,11H,3-7H2,1-2H3. The van der Waals surface area contributed by atoms with E-state index in [4.69, 9.17) is 22.2 Å². The van der Waals surface area contributed by atoms with Crippen molar-refractivity contribution in [2.75, 3.05) is 0 Å². The van der Waals surface area contributed by atoms with Crippen molar-refractivity contribution in [3.8, 4) is 0 Å². The van der Waals surface area contributed by atoms with Gasteiger partial charge in [-0.1, -0.05) is 39.5 Å². The summed E-state index contributed by atoms with van der Waals surface area (Å²) in [5.74, 6) is 0.744. The lowest BCUT2D eigenvalue weighted by molar-refractivity contribution is 0.533. The topological polar surface area (TPSA) is 0 Å². The zero-order valence-corrected chi connectivity index (χ0v) is 10.1. The van der Waals surface area contributed by atoms with E-state index in [-0.39, 0.29) is 0 Å². The Hall–Kier alpha value is 0.797. The fourth-order valence-corrected chi connectivity index (χ4v) is 3.83. The predicted octanol–water partition coefficient (Wildman–Crippen LogP) is 3.90. The van der Waals surface area contributed by atoms with E-state index in [1.54, 1.807) is 0 Å². The SMILES string of the molecule is CCCCCC(C)C[SiH](Cl)Cl. The third-order valence-electron chi connectivity index (χ3n) is 1.88. The molecule has 0 aliphatic rings. The van der Waals surface area contributed by atoms with Crippen molar-refractivity contribution in [1.29, 1.82) is 0 Å². The average molecular weight is 213 g/mol. The highest BCUT2D eigenvalue weighted by Crippen LogP contribution is 2.18. The van der Waals surface area contributed by atoms with Crippen LogP contribution in [0.5, 0.6) is 0 Å². The van der Waals surface area contributed by atoms with Crippen molar-refractivity contribution >= 4 is 29.6 Å². The van der Waals surface area contributed by atoms with Gasteiger partial charge in [-0.15, -0.1) is 0 Å². The maximum Gasteiger partial charge on any atom is 0.237 e. The van der Waals surface area contributed by atoms with Crippen LogP contribution in [0.2, 0.25) is 6.04 Å². The van der Waals surface area contributed by atoms with Crippen molar-refractivity contribution in [3.63, 3.8) is 0 Å². The zero-order chi connectivity index (χ0) is 8.69. The van der Waals surface area contributed by atoms with E-state index in [0.29, 0.717) is 0 Å². The summed E-state index contributed by atoms with van der Waals surface area (Å²) in [7, 11) is -1.34. The minimum atomic E-state index is -1.34. The van der Waals surface area contributed by atoms with Crippen LogP contribution in [0, 0.1) is 5.92 Å². The lowest BCUT2D eigenvalue weighted by atomic mass is 10.1. The Morgan fingerprint density at radius 3 is 2.36 bits per heavy atom. The molecule has 1 atom stereocenters. The first-order valence-corrected chi connectivity index (χ1v) is 8.75. The van der Waals surface area contributed by atoms with Crippen LogP contribution >= 0.6 is 22.2 Å². The number of hydrogen-bond acceptors (Lipinski definition) is 0. The molecule has 0 radical (unpaired) electrons. The third kappa shape index (κ3) is 8.71. The van der Waals surface area contributed by atoms with Gasteiger partial charge in [-0.2, -0.15) is 22.2 Å². The Bertz CT molecular complexity index is 86.2. The van der Waals surface area contributed by atoms with Gasteiger partial charge in [0.1, 0.15) is 0 Å². The van der Waals surface area contributed by atoms with Gasteiger partial charge in [-0.25, -0.2) is 0 Å². The first-order valence-electron chi connectivity index (χ1n) is 4.45. The molecule has 0 saturated heterocycles. The summed E-state index contributed by atoms with van der Waals surface area (Å²) >= 11 is 11.6. The van der Waals surface area contributed by atoms with E-state index in [2.05, 4.69) is 13.8 Å². The van der Waals surface area contributed by atoms with Gasteiger partial charge in [0.2, 0.25) is 7.42 Å². The maximum atomic E-state index is 5.79. The van der Waals surface area contributed by atoms with Crippen LogP contribution < -0.4 is 0 Å². The largest absolute Gasteiger partial charge is 0.237 e. The minimum absolute atomic E-state index is 0.744. The van der Waals surface area contributed by atoms with Gasteiger partial charge in [-0.3, -0.25) is 0 Å². The number of hydrogen-bond donors (Lipinski definition) is 0. The Balaban J connectivity index is 3.15. The van der Waals surface area contributed by atoms with E-state index >= 15 is 0 Å². The van der Waals surface area contributed by atoms with Crippen LogP contribution in [-0.2, 0) is 0 Å². The van der Waals surface area contributed by atoms with Gasteiger partial charge in [0.15, 0.2) is 0 Å². The molecule has 0 saturated carbocycles. The molecule has 0 rings (SSSR count). The summed E-state index contributed by atoms with van der Waals surface area (Å²) < 4.78 is 0. The molecule has 3 heteroatoms. The molecular weight excluding hydrogens is 195 g/mol. The maximum absolute atomic E-state index is 5.79. The molecule has 0 aromatic heterocycles. The molecule has 68 valence electrons. The predicted molar refractivity (Wildman–Crippen MR) is 57.0 cm³/mol. The summed E-state index contributed by atoms with van der Waals surface area (Å²) in [4.78, 5) is 0. The van der Waals surface area contributed by atoms with Crippen LogP contribution in [0.15, 0.2) is 0 Å². The molecule has 0 aliphatic heterocycles. The van der Waals surface area contributed by atoms with Crippen molar-refractivity contribution < 1.29 is 0 Å². The zero-order valence-electron chi connectivity index (χ0n) is 7.45. The average Bonchev–Trinajstić information content (AvgIpc) is 1.86. The van der Waals surface area contributed by atoms with E-state index in [1.165, 1.54) is 25.7 Å². The minimum Gasteiger partial charge on any atom is -0.150 e. The lowest BCUT2D eigenvalue weighted by Crippen LogP contribution is -2.02. The molecule has 0 aromatic carbocycles. The molecule has 0 spiro atoms. The fraction of sp³-hybridized carbons (Fsp3) is 1.00. The molecule has 0 aromatic rings. The Kier molecular flexibility index (Phi) is 7.99. The quantitative estimate of drug-likeness (QED) is 0.356. The molecule has 0 aliphatic carbocycles. The second-order valence-electron chi connectivity index (χ2n) is 3.23. The van der Waals surface area contributed by atoms with Crippen LogP contribution in [0.25, 0.3) is 0 Å². The van der Waals surface area contributed by atoms with Gasteiger partial charge < -0.3 is 0 Å². The van der Waals surface area contributed by atoms with Gasteiger partial charge in [0.05, 0.1) is 0 Å². The molecule has 0 amide bonds. The smallest absolute Gasteiger partial charge is 0.150 e. The third-order valence-corrected chi connectivity index (χ3v) is 4.11. The van der Waals surface area contributed by atoms with Crippen molar-refractivity contribution in [2.45, 2.75) is 45.6 Å². The highest BCUT2D eigenvalue weighted by Gasteiger charge is 2.08. The van der Waals surface area contributed by atoms with Crippen LogP contribution in [0.4, 0.5) is 0 Å². The van der Waals surface area contributed by atoms with Gasteiger partial charge in [0, 0.05) is 0 Å². The summed E-state index contributed by atoms with van der Waals surface area (Å²) in [6, 6.07) is 1.08. The molecule has 0 heterocycles. The van der Waals surface area contributed by atoms with E-state index < -0.39 is 7.42 Å². The van der Waals surface area contributed by atoms with Gasteiger partial charge in [-0.05, 0) is 12.0 Å². The number of halogens is 2. The molecule has 1 unspecified atom stereocenters.